The summed E-state index contributed by atoms with van der Waals surface area (Å²) in [5.74, 6) is 1.06. The molecule has 0 unspecified atom stereocenters. The first-order valence-electron chi connectivity index (χ1n) is 9.86. The summed E-state index contributed by atoms with van der Waals surface area (Å²) in [4.78, 5) is 26.1. The van der Waals surface area contributed by atoms with Crippen LogP contribution in [-0.2, 0) is 9.59 Å². The van der Waals surface area contributed by atoms with Crippen molar-refractivity contribution in [2.45, 2.75) is 53.2 Å². The number of anilines is 2. The zero-order valence-electron chi connectivity index (χ0n) is 17.8. The molecule has 0 radical (unpaired) electrons. The Bertz CT molecular complexity index is 816. The minimum atomic E-state index is -0.184. The van der Waals surface area contributed by atoms with Crippen LogP contribution in [0.2, 0.25) is 0 Å². The molecule has 0 atom stereocenters. The van der Waals surface area contributed by atoms with E-state index in [1.165, 1.54) is 6.92 Å². The van der Waals surface area contributed by atoms with Gasteiger partial charge in [-0.05, 0) is 64.1 Å². The van der Waals surface area contributed by atoms with Crippen LogP contribution in [0.4, 0.5) is 11.4 Å². The lowest BCUT2D eigenvalue weighted by molar-refractivity contribution is -0.117. The lowest BCUT2D eigenvalue weighted by Gasteiger charge is -2.22. The summed E-state index contributed by atoms with van der Waals surface area (Å²) in [5, 5.41) is 2.87. The number of benzene rings is 2. The number of rotatable bonds is 9. The maximum atomic E-state index is 12.5. The molecule has 0 saturated heterocycles. The topological polar surface area (TPSA) is 67.9 Å². The molecule has 6 nitrogen and oxygen atoms in total. The molecular weight excluding hydrogens is 368 g/mol. The Kier molecular flexibility index (Phi) is 8.07. The number of amides is 2. The van der Waals surface area contributed by atoms with E-state index in [0.717, 1.165) is 11.4 Å². The van der Waals surface area contributed by atoms with Gasteiger partial charge >= 0.3 is 0 Å². The monoisotopic (exact) mass is 398 g/mol. The Morgan fingerprint density at radius 3 is 2.14 bits per heavy atom. The van der Waals surface area contributed by atoms with Crippen LogP contribution in [0.15, 0.2) is 48.5 Å². The van der Waals surface area contributed by atoms with Gasteiger partial charge in [-0.2, -0.15) is 0 Å². The lowest BCUT2D eigenvalue weighted by atomic mass is 10.2. The summed E-state index contributed by atoms with van der Waals surface area (Å²) >= 11 is 0. The maximum absolute atomic E-state index is 12.5. The Morgan fingerprint density at radius 2 is 1.55 bits per heavy atom. The van der Waals surface area contributed by atoms with Crippen molar-refractivity contribution in [3.8, 4) is 11.5 Å². The molecular formula is C23H30N2O4. The quantitative estimate of drug-likeness (QED) is 0.668. The molecule has 2 rings (SSSR count). The Hall–Kier alpha value is -3.02. The van der Waals surface area contributed by atoms with Crippen LogP contribution in [0.25, 0.3) is 0 Å². The molecule has 0 aromatic heterocycles. The van der Waals surface area contributed by atoms with Crippen molar-refractivity contribution in [3.05, 3.63) is 48.5 Å². The van der Waals surface area contributed by atoms with Crippen LogP contribution in [0.5, 0.6) is 11.5 Å². The van der Waals surface area contributed by atoms with Gasteiger partial charge in [0.15, 0.2) is 0 Å². The first kappa shape index (κ1) is 22.3. The van der Waals surface area contributed by atoms with Gasteiger partial charge in [-0.3, -0.25) is 9.59 Å². The van der Waals surface area contributed by atoms with Crippen molar-refractivity contribution in [3.63, 3.8) is 0 Å². The van der Waals surface area contributed by atoms with Gasteiger partial charge in [0.25, 0.3) is 0 Å². The Morgan fingerprint density at radius 1 is 0.931 bits per heavy atom. The first-order valence-corrected chi connectivity index (χ1v) is 9.86. The van der Waals surface area contributed by atoms with Crippen LogP contribution in [0, 0.1) is 0 Å². The number of carbonyl (C=O) groups is 2. The van der Waals surface area contributed by atoms with Gasteiger partial charge in [-0.25, -0.2) is 0 Å². The molecule has 0 aliphatic rings. The van der Waals surface area contributed by atoms with E-state index in [9.17, 15) is 9.59 Å². The van der Waals surface area contributed by atoms with Crippen LogP contribution in [0.1, 0.15) is 41.0 Å². The molecule has 0 saturated carbocycles. The minimum absolute atomic E-state index is 0.00361. The van der Waals surface area contributed by atoms with E-state index in [-0.39, 0.29) is 37.0 Å². The van der Waals surface area contributed by atoms with E-state index in [2.05, 4.69) is 5.32 Å². The van der Waals surface area contributed by atoms with Crippen molar-refractivity contribution in [1.82, 2.24) is 0 Å². The summed E-state index contributed by atoms with van der Waals surface area (Å²) in [5.41, 5.74) is 1.35. The Labute approximate surface area is 172 Å². The number of hydrogen-bond acceptors (Lipinski definition) is 4. The smallest absolute Gasteiger partial charge is 0.226 e. The van der Waals surface area contributed by atoms with E-state index < -0.39 is 0 Å². The van der Waals surface area contributed by atoms with Crippen molar-refractivity contribution >= 4 is 23.2 Å². The highest BCUT2D eigenvalue weighted by atomic mass is 16.5. The first-order chi connectivity index (χ1) is 13.8. The van der Waals surface area contributed by atoms with E-state index in [1.807, 2.05) is 70.2 Å². The molecule has 0 heterocycles. The van der Waals surface area contributed by atoms with Crippen LogP contribution >= 0.6 is 0 Å². The third-order valence-corrected chi connectivity index (χ3v) is 3.99. The zero-order valence-corrected chi connectivity index (χ0v) is 17.8. The van der Waals surface area contributed by atoms with Crippen molar-refractivity contribution in [2.75, 3.05) is 16.8 Å². The Balaban J connectivity index is 2.00. The average molecular weight is 399 g/mol. The largest absolute Gasteiger partial charge is 0.491 e. The highest BCUT2D eigenvalue weighted by Crippen LogP contribution is 2.25. The van der Waals surface area contributed by atoms with E-state index in [1.54, 1.807) is 11.0 Å². The van der Waals surface area contributed by atoms with Gasteiger partial charge in [-0.1, -0.05) is 12.1 Å². The van der Waals surface area contributed by atoms with Crippen LogP contribution < -0.4 is 19.7 Å². The van der Waals surface area contributed by atoms with Gasteiger partial charge in [0.2, 0.25) is 11.8 Å². The van der Waals surface area contributed by atoms with E-state index >= 15 is 0 Å². The van der Waals surface area contributed by atoms with Crippen LogP contribution in [-0.4, -0.2) is 30.6 Å². The summed E-state index contributed by atoms with van der Waals surface area (Å²) in [6.07, 6.45) is 0.250. The number of hydrogen-bond donors (Lipinski definition) is 1. The normalized spacial score (nSPS) is 10.7. The second-order valence-corrected chi connectivity index (χ2v) is 7.29. The second-order valence-electron chi connectivity index (χ2n) is 7.29. The summed E-state index contributed by atoms with van der Waals surface area (Å²) in [7, 11) is 0. The fourth-order valence-electron chi connectivity index (χ4n) is 2.80. The zero-order chi connectivity index (χ0) is 21.4. The molecule has 156 valence electrons. The fraction of sp³-hybridized carbons (Fsp3) is 0.391. The number of para-hydroxylation sites is 2. The molecule has 1 N–H and O–H groups in total. The predicted octanol–water partition coefficient (Wildman–Crippen LogP) is 4.64. The van der Waals surface area contributed by atoms with Gasteiger partial charge in [0.05, 0.1) is 17.9 Å². The molecule has 0 aliphatic carbocycles. The lowest BCUT2D eigenvalue weighted by Crippen LogP contribution is -2.32. The van der Waals surface area contributed by atoms with E-state index in [4.69, 9.17) is 9.47 Å². The summed E-state index contributed by atoms with van der Waals surface area (Å²) in [6, 6.07) is 14.6. The highest BCUT2D eigenvalue weighted by molar-refractivity contribution is 5.95. The third kappa shape index (κ3) is 7.14. The molecule has 0 bridgehead atoms. The number of nitrogens with zero attached hydrogens (tertiary/aromatic N) is 1. The standard InChI is InChI=1S/C23H30N2O4/c1-16(2)28-20-12-10-19(11-13-20)25(18(5)26)15-14-23(27)24-21-8-6-7-9-22(21)29-17(3)4/h6-13,16-17H,14-15H2,1-5H3,(H,24,27). The molecule has 0 aliphatic heterocycles. The van der Waals surface area contributed by atoms with Crippen molar-refractivity contribution < 1.29 is 19.1 Å². The summed E-state index contributed by atoms with van der Waals surface area (Å²) in [6.45, 7) is 9.54. The number of ether oxygens (including phenoxy) is 2. The van der Waals surface area contributed by atoms with Crippen LogP contribution in [0.3, 0.4) is 0 Å². The van der Waals surface area contributed by atoms with Gasteiger partial charge in [-0.15, -0.1) is 0 Å². The SMILES string of the molecule is CC(=O)N(CCC(=O)Nc1ccccc1OC(C)C)c1ccc(OC(C)C)cc1. The predicted molar refractivity (Wildman–Crippen MR) is 116 cm³/mol. The molecule has 2 aromatic rings. The number of carbonyl (C=O) groups excluding carboxylic acids is 2. The minimum Gasteiger partial charge on any atom is -0.491 e. The van der Waals surface area contributed by atoms with E-state index in [0.29, 0.717) is 11.4 Å². The van der Waals surface area contributed by atoms with Crippen molar-refractivity contribution in [1.29, 1.82) is 0 Å². The molecule has 6 heteroatoms. The molecule has 2 aromatic carbocycles. The molecule has 0 spiro atoms. The van der Waals surface area contributed by atoms with Gasteiger partial charge in [0, 0.05) is 25.6 Å². The molecule has 2 amide bonds. The fourth-order valence-corrected chi connectivity index (χ4v) is 2.80. The van der Waals surface area contributed by atoms with Crippen molar-refractivity contribution in [2.24, 2.45) is 0 Å². The maximum Gasteiger partial charge on any atom is 0.226 e. The highest BCUT2D eigenvalue weighted by Gasteiger charge is 2.15. The third-order valence-electron chi connectivity index (χ3n) is 3.99. The second kappa shape index (κ2) is 10.5. The average Bonchev–Trinajstić information content (AvgIpc) is 2.63. The molecule has 29 heavy (non-hydrogen) atoms. The number of nitrogens with one attached hydrogen (secondary N) is 1. The van der Waals surface area contributed by atoms with Gasteiger partial charge < -0.3 is 19.7 Å². The van der Waals surface area contributed by atoms with Gasteiger partial charge in [0.1, 0.15) is 11.5 Å². The summed E-state index contributed by atoms with van der Waals surface area (Å²) < 4.78 is 11.4. The molecule has 0 fully saturated rings.